The highest BCUT2D eigenvalue weighted by Gasteiger charge is 2.36. The van der Waals surface area contributed by atoms with Crippen molar-refractivity contribution in [1.29, 1.82) is 0 Å². The first-order valence-electron chi connectivity index (χ1n) is 7.84. The lowest BCUT2D eigenvalue weighted by Gasteiger charge is -2.33. The lowest BCUT2D eigenvalue weighted by molar-refractivity contribution is -0.119. The molecule has 5 nitrogen and oxygen atoms in total. The predicted octanol–water partition coefficient (Wildman–Crippen LogP) is 3.14. The lowest BCUT2D eigenvalue weighted by Crippen LogP contribution is -2.38. The summed E-state index contributed by atoms with van der Waals surface area (Å²) in [5, 5.41) is 4.74. The number of nitrogens with zero attached hydrogens (tertiary/aromatic N) is 1. The van der Waals surface area contributed by atoms with E-state index in [1.165, 1.54) is 23.1 Å². The van der Waals surface area contributed by atoms with E-state index < -0.39 is 10.0 Å². The van der Waals surface area contributed by atoms with Gasteiger partial charge in [0.15, 0.2) is 0 Å². The third-order valence-electron chi connectivity index (χ3n) is 4.14. The van der Waals surface area contributed by atoms with Gasteiger partial charge in [0.25, 0.3) is 10.0 Å². The SMILES string of the molecule is CCC1c2ccsc2CCN1S(=O)(=O)c1ccc(CNC(C)=O)s1. The molecule has 130 valence electrons. The van der Waals surface area contributed by atoms with Gasteiger partial charge in [0.2, 0.25) is 5.91 Å². The molecule has 1 aliphatic heterocycles. The molecule has 0 saturated carbocycles. The van der Waals surface area contributed by atoms with Crippen LogP contribution in [0.5, 0.6) is 0 Å². The van der Waals surface area contributed by atoms with Crippen LogP contribution in [0.25, 0.3) is 0 Å². The van der Waals surface area contributed by atoms with Crippen molar-refractivity contribution < 1.29 is 13.2 Å². The van der Waals surface area contributed by atoms with Crippen LogP contribution in [0.3, 0.4) is 0 Å². The Hall–Kier alpha value is -1.22. The third kappa shape index (κ3) is 3.28. The first kappa shape index (κ1) is 17.6. The summed E-state index contributed by atoms with van der Waals surface area (Å²) in [5.41, 5.74) is 1.15. The standard InChI is InChI=1S/C16H20N2O3S3/c1-3-14-13-7-9-22-15(13)6-8-18(14)24(20,21)16-5-4-12(23-16)10-17-11(2)19/h4-5,7,9,14H,3,6,8,10H2,1-2H3,(H,17,19). The molecule has 1 amide bonds. The van der Waals surface area contributed by atoms with Gasteiger partial charge in [0.05, 0.1) is 12.6 Å². The van der Waals surface area contributed by atoms with Gasteiger partial charge in [-0.05, 0) is 42.0 Å². The Morgan fingerprint density at radius 3 is 2.88 bits per heavy atom. The van der Waals surface area contributed by atoms with Crippen molar-refractivity contribution in [2.24, 2.45) is 0 Å². The van der Waals surface area contributed by atoms with Crippen LogP contribution in [-0.2, 0) is 27.8 Å². The second-order valence-electron chi connectivity index (χ2n) is 5.72. The van der Waals surface area contributed by atoms with E-state index in [0.717, 1.165) is 23.3 Å². The second kappa shape index (κ2) is 6.95. The van der Waals surface area contributed by atoms with E-state index in [0.29, 0.717) is 17.3 Å². The number of fused-ring (bicyclic) bond motifs is 1. The molecular formula is C16H20N2O3S3. The molecule has 3 rings (SSSR count). The van der Waals surface area contributed by atoms with Gasteiger partial charge >= 0.3 is 0 Å². The summed E-state index contributed by atoms with van der Waals surface area (Å²) in [4.78, 5) is 13.1. The first-order chi connectivity index (χ1) is 11.4. The maximum Gasteiger partial charge on any atom is 0.253 e. The van der Waals surface area contributed by atoms with Crippen LogP contribution in [0.4, 0.5) is 0 Å². The van der Waals surface area contributed by atoms with Gasteiger partial charge in [-0.3, -0.25) is 4.79 Å². The summed E-state index contributed by atoms with van der Waals surface area (Å²) in [6, 6.07) is 5.37. The highest BCUT2D eigenvalue weighted by Crippen LogP contribution is 2.39. The zero-order valence-corrected chi connectivity index (χ0v) is 16.1. The minimum Gasteiger partial charge on any atom is -0.351 e. The zero-order chi connectivity index (χ0) is 17.3. The number of carbonyl (C=O) groups excluding carboxylic acids is 1. The highest BCUT2D eigenvalue weighted by atomic mass is 32.2. The van der Waals surface area contributed by atoms with Gasteiger partial charge in [-0.25, -0.2) is 8.42 Å². The van der Waals surface area contributed by atoms with Crippen LogP contribution in [-0.4, -0.2) is 25.2 Å². The monoisotopic (exact) mass is 384 g/mol. The van der Waals surface area contributed by atoms with Crippen molar-refractivity contribution in [2.75, 3.05) is 6.54 Å². The average Bonchev–Trinajstić information content (AvgIpc) is 3.20. The van der Waals surface area contributed by atoms with Crippen molar-refractivity contribution in [3.05, 3.63) is 38.9 Å². The Morgan fingerprint density at radius 1 is 1.38 bits per heavy atom. The minimum absolute atomic E-state index is 0.0918. The molecule has 1 N–H and O–H groups in total. The maximum atomic E-state index is 13.1. The van der Waals surface area contributed by atoms with Crippen LogP contribution >= 0.6 is 22.7 Å². The molecule has 1 aliphatic rings. The number of amides is 1. The lowest BCUT2D eigenvalue weighted by atomic mass is 10.0. The van der Waals surface area contributed by atoms with Crippen LogP contribution in [0.1, 0.15) is 41.6 Å². The van der Waals surface area contributed by atoms with E-state index in [9.17, 15) is 13.2 Å². The van der Waals surface area contributed by atoms with Gasteiger partial charge in [-0.1, -0.05) is 6.92 Å². The molecule has 0 bridgehead atoms. The van der Waals surface area contributed by atoms with Crippen molar-refractivity contribution in [2.45, 2.75) is 43.5 Å². The number of thiophene rings is 2. The number of hydrogen-bond donors (Lipinski definition) is 1. The van der Waals surface area contributed by atoms with Gasteiger partial charge in [-0.15, -0.1) is 22.7 Å². The molecule has 3 heterocycles. The molecule has 0 spiro atoms. The van der Waals surface area contributed by atoms with Crippen LogP contribution < -0.4 is 5.32 Å². The highest BCUT2D eigenvalue weighted by molar-refractivity contribution is 7.91. The Kier molecular flexibility index (Phi) is 5.10. The van der Waals surface area contributed by atoms with Crippen molar-refractivity contribution >= 4 is 38.6 Å². The molecule has 0 aliphatic carbocycles. The molecule has 24 heavy (non-hydrogen) atoms. The number of sulfonamides is 1. The largest absolute Gasteiger partial charge is 0.351 e. The number of carbonyl (C=O) groups is 1. The van der Waals surface area contributed by atoms with Crippen LogP contribution in [0.15, 0.2) is 27.8 Å². The Labute approximate surface area is 150 Å². The fourth-order valence-electron chi connectivity index (χ4n) is 3.00. The predicted molar refractivity (Wildman–Crippen MR) is 96.8 cm³/mol. The van der Waals surface area contributed by atoms with Gasteiger partial charge < -0.3 is 5.32 Å². The molecule has 0 fully saturated rings. The topological polar surface area (TPSA) is 66.5 Å². The van der Waals surface area contributed by atoms with E-state index in [4.69, 9.17) is 0 Å². The van der Waals surface area contributed by atoms with Gasteiger partial charge in [0, 0.05) is 23.2 Å². The molecule has 0 aromatic carbocycles. The molecule has 8 heteroatoms. The number of rotatable bonds is 5. The summed E-state index contributed by atoms with van der Waals surface area (Å²) < 4.78 is 28.2. The first-order valence-corrected chi connectivity index (χ1v) is 11.0. The summed E-state index contributed by atoms with van der Waals surface area (Å²) >= 11 is 2.94. The molecule has 2 aromatic heterocycles. The van der Waals surface area contributed by atoms with E-state index in [2.05, 4.69) is 5.32 Å². The van der Waals surface area contributed by atoms with Gasteiger partial charge in [-0.2, -0.15) is 4.31 Å². The quantitative estimate of drug-likeness (QED) is 0.861. The average molecular weight is 385 g/mol. The fourth-order valence-corrected chi connectivity index (χ4v) is 7.04. The summed E-state index contributed by atoms with van der Waals surface area (Å²) in [6.45, 7) is 4.36. The third-order valence-corrected chi connectivity index (χ3v) is 8.60. The molecule has 0 radical (unpaired) electrons. The number of hydrogen-bond acceptors (Lipinski definition) is 5. The van der Waals surface area contributed by atoms with Crippen molar-refractivity contribution in [3.8, 4) is 0 Å². The molecule has 0 saturated heterocycles. The van der Waals surface area contributed by atoms with Crippen LogP contribution in [0.2, 0.25) is 0 Å². The maximum absolute atomic E-state index is 13.1. The van der Waals surface area contributed by atoms with E-state index in [1.807, 2.05) is 18.4 Å². The summed E-state index contributed by atoms with van der Waals surface area (Å²) in [5.74, 6) is -0.125. The molecule has 1 unspecified atom stereocenters. The smallest absolute Gasteiger partial charge is 0.253 e. The Morgan fingerprint density at radius 2 is 2.17 bits per heavy atom. The normalized spacial score (nSPS) is 18.3. The van der Waals surface area contributed by atoms with Crippen molar-refractivity contribution in [1.82, 2.24) is 9.62 Å². The van der Waals surface area contributed by atoms with E-state index >= 15 is 0 Å². The summed E-state index contributed by atoms with van der Waals surface area (Å²) in [6.07, 6.45) is 1.53. The summed E-state index contributed by atoms with van der Waals surface area (Å²) in [7, 11) is -3.52. The fraction of sp³-hybridized carbons (Fsp3) is 0.438. The molecule has 1 atom stereocenters. The zero-order valence-electron chi connectivity index (χ0n) is 13.6. The van der Waals surface area contributed by atoms with Crippen LogP contribution in [0, 0.1) is 0 Å². The molecular weight excluding hydrogens is 364 g/mol. The van der Waals surface area contributed by atoms with E-state index in [1.54, 1.807) is 27.8 Å². The molecule has 2 aromatic rings. The van der Waals surface area contributed by atoms with E-state index in [-0.39, 0.29) is 11.9 Å². The van der Waals surface area contributed by atoms with Crippen molar-refractivity contribution in [3.63, 3.8) is 0 Å². The van der Waals surface area contributed by atoms with Gasteiger partial charge in [0.1, 0.15) is 4.21 Å². The Balaban J connectivity index is 1.86. The minimum atomic E-state index is -3.52. The number of nitrogens with one attached hydrogen (secondary N) is 1. The second-order valence-corrected chi connectivity index (χ2v) is 10.0. The Bertz CT molecular complexity index is 838.